The number of hydrogen-bond donors (Lipinski definition) is 1. The average Bonchev–Trinajstić information content (AvgIpc) is 2.00. The maximum Gasteiger partial charge on any atom is 0.305 e. The van der Waals surface area contributed by atoms with Gasteiger partial charge in [0.15, 0.2) is 0 Å². The molecule has 0 aliphatic rings. The molecule has 70 valence electrons. The van der Waals surface area contributed by atoms with Crippen LogP contribution in [-0.2, 0) is 14.3 Å². The molecule has 0 aromatic heterocycles. The largest absolute Gasteiger partial charge is 0.481 e. The molecule has 1 unspecified atom stereocenters. The molecule has 0 spiro atoms. The molecule has 0 aliphatic carbocycles. The maximum absolute atomic E-state index is 10.7. The molecule has 0 amide bonds. The number of rotatable bonds is 5. The van der Waals surface area contributed by atoms with E-state index in [1.807, 2.05) is 6.92 Å². The van der Waals surface area contributed by atoms with Gasteiger partial charge in [0.25, 0.3) is 0 Å². The van der Waals surface area contributed by atoms with Crippen molar-refractivity contribution in [2.24, 2.45) is 5.92 Å². The Bertz CT molecular complexity index is 164. The molecule has 0 rings (SSSR count). The quantitative estimate of drug-likeness (QED) is 0.633. The standard InChI is InChI=1S/C8H14O4/c1-6(3-4-7(9)10)5-8(11)12-2/h6H,3-5H2,1-2H3,(H,9,10). The number of ether oxygens (including phenoxy) is 1. The van der Waals surface area contributed by atoms with Crippen molar-refractivity contribution in [2.75, 3.05) is 7.11 Å². The van der Waals surface area contributed by atoms with Crippen LogP contribution in [0, 0.1) is 5.92 Å². The molecule has 0 aromatic rings. The Morgan fingerprint density at radius 3 is 2.50 bits per heavy atom. The Morgan fingerprint density at radius 2 is 2.08 bits per heavy atom. The van der Waals surface area contributed by atoms with E-state index in [4.69, 9.17) is 5.11 Å². The second kappa shape index (κ2) is 5.57. The first-order valence-corrected chi connectivity index (χ1v) is 3.85. The summed E-state index contributed by atoms with van der Waals surface area (Å²) in [6.07, 6.45) is 0.923. The van der Waals surface area contributed by atoms with Gasteiger partial charge in [0, 0.05) is 12.8 Å². The van der Waals surface area contributed by atoms with Crippen LogP contribution >= 0.6 is 0 Å². The molecule has 4 nitrogen and oxygen atoms in total. The van der Waals surface area contributed by atoms with Crippen molar-refractivity contribution in [3.8, 4) is 0 Å². The van der Waals surface area contributed by atoms with Crippen molar-refractivity contribution >= 4 is 11.9 Å². The summed E-state index contributed by atoms with van der Waals surface area (Å²) < 4.78 is 4.44. The SMILES string of the molecule is COC(=O)CC(C)CCC(=O)O. The van der Waals surface area contributed by atoms with Gasteiger partial charge in [-0.15, -0.1) is 0 Å². The highest BCUT2D eigenvalue weighted by Crippen LogP contribution is 2.10. The van der Waals surface area contributed by atoms with Crippen molar-refractivity contribution in [1.82, 2.24) is 0 Å². The maximum atomic E-state index is 10.7. The third-order valence-corrected chi connectivity index (χ3v) is 1.59. The number of carbonyl (C=O) groups is 2. The topological polar surface area (TPSA) is 63.6 Å². The summed E-state index contributed by atoms with van der Waals surface area (Å²) in [5, 5.41) is 8.34. The number of carbonyl (C=O) groups excluding carboxylic acids is 1. The monoisotopic (exact) mass is 174 g/mol. The van der Waals surface area contributed by atoms with E-state index >= 15 is 0 Å². The van der Waals surface area contributed by atoms with Gasteiger partial charge in [-0.2, -0.15) is 0 Å². The van der Waals surface area contributed by atoms with Gasteiger partial charge in [-0.3, -0.25) is 9.59 Å². The molecule has 1 atom stereocenters. The van der Waals surface area contributed by atoms with Crippen LogP contribution in [0.2, 0.25) is 0 Å². The first-order valence-electron chi connectivity index (χ1n) is 3.85. The van der Waals surface area contributed by atoms with E-state index in [1.54, 1.807) is 0 Å². The zero-order chi connectivity index (χ0) is 9.56. The molecule has 0 heterocycles. The number of aliphatic carboxylic acids is 1. The second-order valence-corrected chi connectivity index (χ2v) is 2.82. The Hall–Kier alpha value is -1.06. The fraction of sp³-hybridized carbons (Fsp3) is 0.750. The molecule has 0 radical (unpaired) electrons. The summed E-state index contributed by atoms with van der Waals surface area (Å²) in [5.41, 5.74) is 0. The zero-order valence-electron chi connectivity index (χ0n) is 7.37. The Labute approximate surface area is 71.5 Å². The number of hydrogen-bond acceptors (Lipinski definition) is 3. The van der Waals surface area contributed by atoms with Gasteiger partial charge in [-0.1, -0.05) is 6.92 Å². The molecule has 0 saturated heterocycles. The average molecular weight is 174 g/mol. The highest BCUT2D eigenvalue weighted by Gasteiger charge is 2.10. The van der Waals surface area contributed by atoms with E-state index in [1.165, 1.54) is 7.11 Å². The lowest BCUT2D eigenvalue weighted by Gasteiger charge is -2.06. The molecule has 12 heavy (non-hydrogen) atoms. The van der Waals surface area contributed by atoms with Crippen LogP contribution in [-0.4, -0.2) is 24.2 Å². The predicted molar refractivity (Wildman–Crippen MR) is 42.7 cm³/mol. The third kappa shape index (κ3) is 5.70. The van der Waals surface area contributed by atoms with Crippen LogP contribution < -0.4 is 0 Å². The summed E-state index contributed by atoms with van der Waals surface area (Å²) in [6, 6.07) is 0. The Balaban J connectivity index is 3.52. The summed E-state index contributed by atoms with van der Waals surface area (Å²) in [6.45, 7) is 1.83. The second-order valence-electron chi connectivity index (χ2n) is 2.82. The van der Waals surface area contributed by atoms with Gasteiger partial charge in [0.05, 0.1) is 7.11 Å². The molecule has 0 saturated carbocycles. The highest BCUT2D eigenvalue weighted by molar-refractivity contribution is 5.69. The van der Waals surface area contributed by atoms with Crippen molar-refractivity contribution in [3.63, 3.8) is 0 Å². The van der Waals surface area contributed by atoms with Crippen LogP contribution in [0.3, 0.4) is 0 Å². The van der Waals surface area contributed by atoms with Crippen LogP contribution in [0.1, 0.15) is 26.2 Å². The molecule has 1 N–H and O–H groups in total. The van der Waals surface area contributed by atoms with E-state index in [9.17, 15) is 9.59 Å². The molecule has 0 fully saturated rings. The summed E-state index contributed by atoms with van der Waals surface area (Å²) in [5.74, 6) is -1.03. The normalized spacial score (nSPS) is 12.2. The van der Waals surface area contributed by atoms with Crippen molar-refractivity contribution in [1.29, 1.82) is 0 Å². The van der Waals surface area contributed by atoms with Crippen LogP contribution in [0.4, 0.5) is 0 Å². The first kappa shape index (κ1) is 10.9. The first-order chi connectivity index (χ1) is 5.56. The summed E-state index contributed by atoms with van der Waals surface area (Å²) in [7, 11) is 1.33. The predicted octanol–water partition coefficient (Wildman–Crippen LogP) is 1.05. The van der Waals surface area contributed by atoms with Crippen molar-refractivity contribution < 1.29 is 19.4 Å². The number of esters is 1. The van der Waals surface area contributed by atoms with Crippen LogP contribution in [0.25, 0.3) is 0 Å². The number of carboxylic acids is 1. The van der Waals surface area contributed by atoms with Crippen LogP contribution in [0.5, 0.6) is 0 Å². The summed E-state index contributed by atoms with van der Waals surface area (Å²) in [4.78, 5) is 20.8. The fourth-order valence-electron chi connectivity index (χ4n) is 0.840. The molecule has 4 heteroatoms. The fourth-order valence-corrected chi connectivity index (χ4v) is 0.840. The Kier molecular flexibility index (Phi) is 5.08. The minimum absolute atomic E-state index is 0.0774. The number of carboxylic acid groups (broad SMARTS) is 1. The third-order valence-electron chi connectivity index (χ3n) is 1.59. The smallest absolute Gasteiger partial charge is 0.305 e. The zero-order valence-corrected chi connectivity index (χ0v) is 7.37. The summed E-state index contributed by atoms with van der Waals surface area (Å²) >= 11 is 0. The van der Waals surface area contributed by atoms with Gasteiger partial charge < -0.3 is 9.84 Å². The highest BCUT2D eigenvalue weighted by atomic mass is 16.5. The van der Waals surface area contributed by atoms with Gasteiger partial charge in [-0.05, 0) is 12.3 Å². The van der Waals surface area contributed by atoms with E-state index in [-0.39, 0.29) is 18.3 Å². The molecule has 0 bridgehead atoms. The molecular weight excluding hydrogens is 160 g/mol. The van der Waals surface area contributed by atoms with Crippen LogP contribution in [0.15, 0.2) is 0 Å². The van der Waals surface area contributed by atoms with Gasteiger partial charge in [0.1, 0.15) is 0 Å². The molecule has 0 aromatic carbocycles. The minimum Gasteiger partial charge on any atom is -0.481 e. The van der Waals surface area contributed by atoms with E-state index < -0.39 is 5.97 Å². The molecular formula is C8H14O4. The number of methoxy groups -OCH3 is 1. The Morgan fingerprint density at radius 1 is 1.50 bits per heavy atom. The lowest BCUT2D eigenvalue weighted by atomic mass is 10.0. The van der Waals surface area contributed by atoms with Crippen molar-refractivity contribution in [2.45, 2.75) is 26.2 Å². The molecule has 0 aliphatic heterocycles. The van der Waals surface area contributed by atoms with E-state index in [0.717, 1.165) is 0 Å². The van der Waals surface area contributed by atoms with E-state index in [0.29, 0.717) is 12.8 Å². The lowest BCUT2D eigenvalue weighted by Crippen LogP contribution is -2.08. The van der Waals surface area contributed by atoms with Gasteiger partial charge in [-0.25, -0.2) is 0 Å². The minimum atomic E-state index is -0.827. The van der Waals surface area contributed by atoms with Gasteiger partial charge in [0.2, 0.25) is 0 Å². The van der Waals surface area contributed by atoms with Crippen molar-refractivity contribution in [3.05, 3.63) is 0 Å². The van der Waals surface area contributed by atoms with Gasteiger partial charge >= 0.3 is 11.9 Å². The lowest BCUT2D eigenvalue weighted by molar-refractivity contribution is -0.142. The van der Waals surface area contributed by atoms with E-state index in [2.05, 4.69) is 4.74 Å².